The van der Waals surface area contributed by atoms with Crippen molar-refractivity contribution in [3.8, 4) is 0 Å². The summed E-state index contributed by atoms with van der Waals surface area (Å²) in [6.07, 6.45) is 3.68. The van der Waals surface area contributed by atoms with E-state index in [-0.39, 0.29) is 15.8 Å². The smallest absolute Gasteiger partial charge is 0.215 e. The van der Waals surface area contributed by atoms with E-state index in [4.69, 9.17) is 34.8 Å². The molecule has 0 saturated heterocycles. The van der Waals surface area contributed by atoms with Gasteiger partial charge in [-0.05, 0) is 18.6 Å². The third-order valence-electron chi connectivity index (χ3n) is 1.71. The zero-order chi connectivity index (χ0) is 9.35. The van der Waals surface area contributed by atoms with Gasteiger partial charge in [0.05, 0.1) is 14.9 Å². The number of allylic oxidation sites excluding steroid dienone is 4. The quantitative estimate of drug-likeness (QED) is 0.626. The maximum atomic E-state index is 11.1. The molecule has 0 aromatic carbocycles. The fraction of sp³-hybridized carbons (Fsp3) is 0.375. The van der Waals surface area contributed by atoms with Crippen molar-refractivity contribution >= 4 is 40.6 Å². The van der Waals surface area contributed by atoms with Crippen molar-refractivity contribution in [3.63, 3.8) is 0 Å². The second kappa shape index (κ2) is 3.41. The molecule has 0 bridgehead atoms. The molecule has 1 aliphatic rings. The first-order valence-electron chi connectivity index (χ1n) is 3.49. The topological polar surface area (TPSA) is 17.1 Å². The molecule has 0 spiro atoms. The van der Waals surface area contributed by atoms with E-state index in [9.17, 15) is 4.79 Å². The number of hydrogen-bond acceptors (Lipinski definition) is 1. The molecule has 12 heavy (non-hydrogen) atoms. The van der Waals surface area contributed by atoms with Crippen LogP contribution in [0.1, 0.15) is 13.3 Å². The lowest BCUT2D eigenvalue weighted by Crippen LogP contribution is -2.21. The number of Topliss-reactive ketones (excluding diaryl/α,β-unsaturated/α-hetero) is 1. The molecule has 0 N–H and O–H groups in total. The van der Waals surface area contributed by atoms with Gasteiger partial charge >= 0.3 is 0 Å². The number of hydrogen-bond donors (Lipinski definition) is 0. The Morgan fingerprint density at radius 3 is 2.08 bits per heavy atom. The van der Waals surface area contributed by atoms with Crippen LogP contribution in [0, 0.1) is 0 Å². The van der Waals surface area contributed by atoms with Crippen LogP contribution >= 0.6 is 34.8 Å². The first kappa shape index (κ1) is 10.1. The van der Waals surface area contributed by atoms with E-state index in [2.05, 4.69) is 0 Å². The number of carbonyl (C=O) groups excluding carboxylic acids is 1. The maximum absolute atomic E-state index is 11.1. The van der Waals surface area contributed by atoms with Gasteiger partial charge in [0.1, 0.15) is 0 Å². The largest absolute Gasteiger partial charge is 0.287 e. The van der Waals surface area contributed by atoms with E-state index in [1.165, 1.54) is 12.2 Å². The van der Waals surface area contributed by atoms with Crippen molar-refractivity contribution in [2.24, 2.45) is 0 Å². The van der Waals surface area contributed by atoms with E-state index in [1.807, 2.05) is 6.92 Å². The van der Waals surface area contributed by atoms with Crippen LogP contribution in [0.3, 0.4) is 0 Å². The number of ketones is 1. The minimum atomic E-state index is -0.692. The van der Waals surface area contributed by atoms with Crippen LogP contribution in [0.4, 0.5) is 0 Å². The summed E-state index contributed by atoms with van der Waals surface area (Å²) in [6, 6.07) is 0. The van der Waals surface area contributed by atoms with Crippen molar-refractivity contribution < 1.29 is 4.79 Å². The molecule has 0 aliphatic heterocycles. The number of carbonyl (C=O) groups is 1. The van der Waals surface area contributed by atoms with Gasteiger partial charge in [0.2, 0.25) is 5.78 Å². The summed E-state index contributed by atoms with van der Waals surface area (Å²) in [5.41, 5.74) is 0. The third-order valence-corrected chi connectivity index (χ3v) is 2.76. The standard InChI is InChI=1S/C8H7Cl3O/c1-2-8(11)3-5(9)7(12)6(10)4-8/h3-4H,2H2,1H3. The second-order valence-corrected chi connectivity index (χ2v) is 4.11. The van der Waals surface area contributed by atoms with E-state index >= 15 is 0 Å². The highest BCUT2D eigenvalue weighted by atomic mass is 35.5. The van der Waals surface area contributed by atoms with Gasteiger partial charge in [-0.3, -0.25) is 4.79 Å². The van der Waals surface area contributed by atoms with Crippen LogP contribution < -0.4 is 0 Å². The lowest BCUT2D eigenvalue weighted by atomic mass is 9.99. The predicted molar refractivity (Wildman–Crippen MR) is 51.8 cm³/mol. The summed E-state index contributed by atoms with van der Waals surface area (Å²) in [6.45, 7) is 1.89. The van der Waals surface area contributed by atoms with Gasteiger partial charge < -0.3 is 0 Å². The monoisotopic (exact) mass is 224 g/mol. The Kier molecular flexibility index (Phi) is 2.87. The molecule has 0 heterocycles. The van der Waals surface area contributed by atoms with Crippen LogP contribution in [-0.2, 0) is 4.79 Å². The molecule has 0 aromatic heterocycles. The fourth-order valence-electron chi connectivity index (χ4n) is 0.912. The van der Waals surface area contributed by atoms with Gasteiger partial charge in [0.25, 0.3) is 0 Å². The van der Waals surface area contributed by atoms with Crippen molar-refractivity contribution in [3.05, 3.63) is 22.2 Å². The molecular formula is C8H7Cl3O. The maximum Gasteiger partial charge on any atom is 0.215 e. The number of alkyl halides is 1. The molecule has 0 amide bonds. The SMILES string of the molecule is CCC1(Cl)C=C(Cl)C(=O)C(Cl)=C1. The van der Waals surface area contributed by atoms with Gasteiger partial charge in [-0.25, -0.2) is 0 Å². The predicted octanol–water partition coefficient (Wildman–Crippen LogP) is 3.20. The molecule has 0 fully saturated rings. The lowest BCUT2D eigenvalue weighted by Gasteiger charge is -2.21. The molecule has 0 unspecified atom stereocenters. The highest BCUT2D eigenvalue weighted by Crippen LogP contribution is 2.34. The molecule has 66 valence electrons. The highest BCUT2D eigenvalue weighted by Gasteiger charge is 2.29. The Labute approximate surface area is 86.0 Å². The summed E-state index contributed by atoms with van der Waals surface area (Å²) in [4.78, 5) is 10.4. The Hall–Kier alpha value is 0.0200. The van der Waals surface area contributed by atoms with E-state index in [0.29, 0.717) is 6.42 Å². The minimum absolute atomic E-state index is 0.0966. The van der Waals surface area contributed by atoms with Gasteiger partial charge in [0, 0.05) is 0 Å². The zero-order valence-corrected chi connectivity index (χ0v) is 8.67. The molecule has 1 rings (SSSR count). The summed E-state index contributed by atoms with van der Waals surface area (Å²) in [7, 11) is 0. The molecule has 1 aliphatic carbocycles. The van der Waals surface area contributed by atoms with Crippen molar-refractivity contribution in [1.29, 1.82) is 0 Å². The van der Waals surface area contributed by atoms with Gasteiger partial charge in [-0.1, -0.05) is 30.1 Å². The van der Waals surface area contributed by atoms with Crippen LogP contribution in [0.5, 0.6) is 0 Å². The summed E-state index contributed by atoms with van der Waals surface area (Å²) in [5.74, 6) is -0.358. The normalized spacial score (nSPS) is 21.8. The average molecular weight is 226 g/mol. The third kappa shape index (κ3) is 1.85. The average Bonchev–Trinajstić information content (AvgIpc) is 2.00. The van der Waals surface area contributed by atoms with Crippen molar-refractivity contribution in [1.82, 2.24) is 0 Å². The van der Waals surface area contributed by atoms with E-state index in [1.54, 1.807) is 0 Å². The summed E-state index contributed by atoms with van der Waals surface area (Å²) in [5, 5.41) is 0.193. The molecule has 1 nitrogen and oxygen atoms in total. The highest BCUT2D eigenvalue weighted by molar-refractivity contribution is 6.55. The van der Waals surface area contributed by atoms with Gasteiger partial charge in [-0.2, -0.15) is 0 Å². The minimum Gasteiger partial charge on any atom is -0.287 e. The lowest BCUT2D eigenvalue weighted by molar-refractivity contribution is -0.111. The Morgan fingerprint density at radius 1 is 1.33 bits per heavy atom. The van der Waals surface area contributed by atoms with Crippen LogP contribution in [0.15, 0.2) is 22.2 Å². The molecular weight excluding hydrogens is 218 g/mol. The molecule has 0 aromatic rings. The zero-order valence-electron chi connectivity index (χ0n) is 6.40. The first-order chi connectivity index (χ1) is 5.48. The Morgan fingerprint density at radius 2 is 1.75 bits per heavy atom. The molecule has 0 radical (unpaired) electrons. The van der Waals surface area contributed by atoms with Crippen LogP contribution in [0.25, 0.3) is 0 Å². The van der Waals surface area contributed by atoms with Crippen LogP contribution in [-0.4, -0.2) is 10.7 Å². The molecule has 0 atom stereocenters. The summed E-state index contributed by atoms with van der Waals surface area (Å²) >= 11 is 17.3. The number of halogens is 3. The second-order valence-electron chi connectivity index (χ2n) is 2.59. The fourth-order valence-corrected chi connectivity index (χ4v) is 1.88. The summed E-state index contributed by atoms with van der Waals surface area (Å²) < 4.78 is 0. The Bertz CT molecular complexity index is 256. The Balaban J connectivity index is 3.07. The number of rotatable bonds is 1. The van der Waals surface area contributed by atoms with Crippen LogP contribution in [0.2, 0.25) is 0 Å². The van der Waals surface area contributed by atoms with Crippen molar-refractivity contribution in [2.45, 2.75) is 18.2 Å². The van der Waals surface area contributed by atoms with Crippen molar-refractivity contribution in [2.75, 3.05) is 0 Å². The van der Waals surface area contributed by atoms with Gasteiger partial charge in [0.15, 0.2) is 0 Å². The molecule has 4 heteroatoms. The van der Waals surface area contributed by atoms with Gasteiger partial charge in [-0.15, -0.1) is 11.6 Å². The molecule has 0 saturated carbocycles. The van der Waals surface area contributed by atoms with E-state index in [0.717, 1.165) is 0 Å². The van der Waals surface area contributed by atoms with E-state index < -0.39 is 4.87 Å². The first-order valence-corrected chi connectivity index (χ1v) is 4.62.